The number of benzene rings is 1. The van der Waals surface area contributed by atoms with Crippen LogP contribution in [0.2, 0.25) is 0 Å². The van der Waals surface area contributed by atoms with Gasteiger partial charge in [-0.2, -0.15) is 18.3 Å². The highest BCUT2D eigenvalue weighted by Gasteiger charge is 2.40. The standard InChI is InChI=1S/C21H15F3N4O/c1-29-17-11-10-14(13-26-17)18-19(16-9-5-6-12-25-16)28(15-7-3-2-4-8-15)27-20(18)21(22,23)24/h2-13H,1H3. The predicted molar refractivity (Wildman–Crippen MR) is 102 cm³/mol. The second kappa shape index (κ2) is 7.38. The Balaban J connectivity index is 2.07. The van der Waals surface area contributed by atoms with Crippen LogP contribution in [0.25, 0.3) is 28.2 Å². The number of aromatic nitrogens is 4. The molecule has 0 fully saturated rings. The number of rotatable bonds is 4. The number of methoxy groups -OCH3 is 1. The molecular weight excluding hydrogens is 381 g/mol. The van der Waals surface area contributed by atoms with Crippen LogP contribution in [0.5, 0.6) is 5.88 Å². The third kappa shape index (κ3) is 3.56. The van der Waals surface area contributed by atoms with Crippen molar-refractivity contribution in [1.29, 1.82) is 0 Å². The Morgan fingerprint density at radius 3 is 2.24 bits per heavy atom. The van der Waals surface area contributed by atoms with Gasteiger partial charge in [-0.25, -0.2) is 9.67 Å². The summed E-state index contributed by atoms with van der Waals surface area (Å²) in [6.45, 7) is 0. The Morgan fingerprint density at radius 1 is 0.897 bits per heavy atom. The summed E-state index contributed by atoms with van der Waals surface area (Å²) in [6.07, 6.45) is -1.80. The van der Waals surface area contributed by atoms with Gasteiger partial charge in [0.1, 0.15) is 5.69 Å². The number of halogens is 3. The van der Waals surface area contributed by atoms with E-state index in [2.05, 4.69) is 15.1 Å². The van der Waals surface area contributed by atoms with E-state index in [-0.39, 0.29) is 16.8 Å². The quantitative estimate of drug-likeness (QED) is 0.486. The third-order valence-corrected chi connectivity index (χ3v) is 4.30. The van der Waals surface area contributed by atoms with Crippen LogP contribution in [0.4, 0.5) is 13.2 Å². The zero-order chi connectivity index (χ0) is 20.4. The van der Waals surface area contributed by atoms with Crippen molar-refractivity contribution in [2.24, 2.45) is 0 Å². The normalized spacial score (nSPS) is 11.4. The molecule has 1 aromatic carbocycles. The van der Waals surface area contributed by atoms with Crippen LogP contribution in [0.3, 0.4) is 0 Å². The summed E-state index contributed by atoms with van der Waals surface area (Å²) in [5.41, 5.74) is 0.262. The molecule has 146 valence electrons. The van der Waals surface area contributed by atoms with Gasteiger partial charge in [0.25, 0.3) is 0 Å². The van der Waals surface area contributed by atoms with Crippen LogP contribution in [-0.2, 0) is 6.18 Å². The van der Waals surface area contributed by atoms with E-state index in [1.165, 1.54) is 36.3 Å². The number of hydrogen-bond donors (Lipinski definition) is 0. The maximum Gasteiger partial charge on any atom is 0.435 e. The molecule has 3 aromatic heterocycles. The summed E-state index contributed by atoms with van der Waals surface area (Å²) in [5, 5.41) is 3.94. The lowest BCUT2D eigenvalue weighted by atomic mass is 10.0. The molecule has 0 radical (unpaired) electrons. The van der Waals surface area contributed by atoms with Gasteiger partial charge in [-0.05, 0) is 30.3 Å². The van der Waals surface area contributed by atoms with Crippen molar-refractivity contribution < 1.29 is 17.9 Å². The lowest BCUT2D eigenvalue weighted by Crippen LogP contribution is -2.08. The van der Waals surface area contributed by atoms with E-state index in [4.69, 9.17) is 4.74 Å². The highest BCUT2D eigenvalue weighted by atomic mass is 19.4. The first-order chi connectivity index (χ1) is 14.0. The molecule has 5 nitrogen and oxygen atoms in total. The largest absolute Gasteiger partial charge is 0.481 e. The summed E-state index contributed by atoms with van der Waals surface area (Å²) >= 11 is 0. The highest BCUT2D eigenvalue weighted by molar-refractivity contribution is 5.83. The molecule has 0 saturated heterocycles. The first-order valence-electron chi connectivity index (χ1n) is 8.66. The molecule has 0 aliphatic carbocycles. The van der Waals surface area contributed by atoms with Crippen LogP contribution in [0.1, 0.15) is 5.69 Å². The summed E-state index contributed by atoms with van der Waals surface area (Å²) in [5.74, 6) is 0.303. The molecule has 29 heavy (non-hydrogen) atoms. The van der Waals surface area contributed by atoms with Gasteiger partial charge in [0, 0.05) is 29.6 Å². The first kappa shape index (κ1) is 18.7. The molecule has 0 unspecified atom stereocenters. The van der Waals surface area contributed by atoms with Gasteiger partial charge in [-0.15, -0.1) is 0 Å². The summed E-state index contributed by atoms with van der Waals surface area (Å²) in [6, 6.07) is 16.7. The molecule has 0 atom stereocenters. The van der Waals surface area contributed by atoms with Crippen molar-refractivity contribution >= 4 is 0 Å². The highest BCUT2D eigenvalue weighted by Crippen LogP contribution is 2.42. The van der Waals surface area contributed by atoms with Crippen LogP contribution < -0.4 is 4.74 Å². The SMILES string of the molecule is COc1ccc(-c2c(C(F)(F)F)nn(-c3ccccc3)c2-c2ccccn2)cn1. The van der Waals surface area contributed by atoms with Crippen molar-refractivity contribution in [3.05, 3.63) is 78.8 Å². The molecule has 0 aliphatic rings. The van der Waals surface area contributed by atoms with Gasteiger partial charge in [-0.1, -0.05) is 24.3 Å². The van der Waals surface area contributed by atoms with Crippen LogP contribution in [0, 0.1) is 0 Å². The molecule has 0 amide bonds. The number of ether oxygens (including phenoxy) is 1. The molecule has 0 spiro atoms. The number of nitrogens with zero attached hydrogens (tertiary/aromatic N) is 4. The van der Waals surface area contributed by atoms with Crippen molar-refractivity contribution in [2.75, 3.05) is 7.11 Å². The average Bonchev–Trinajstić information content (AvgIpc) is 3.16. The predicted octanol–water partition coefficient (Wildman–Crippen LogP) is 5.02. The van der Waals surface area contributed by atoms with Gasteiger partial charge in [0.2, 0.25) is 5.88 Å². The second-order valence-electron chi connectivity index (χ2n) is 6.12. The van der Waals surface area contributed by atoms with E-state index < -0.39 is 11.9 Å². The number of para-hydroxylation sites is 1. The van der Waals surface area contributed by atoms with Crippen LogP contribution >= 0.6 is 0 Å². The van der Waals surface area contributed by atoms with Gasteiger partial charge in [-0.3, -0.25) is 4.98 Å². The Kier molecular flexibility index (Phi) is 4.75. The number of hydrogen-bond acceptors (Lipinski definition) is 4. The summed E-state index contributed by atoms with van der Waals surface area (Å²) < 4.78 is 48.2. The molecule has 3 heterocycles. The van der Waals surface area contributed by atoms with Crippen molar-refractivity contribution in [3.8, 4) is 34.1 Å². The van der Waals surface area contributed by atoms with Gasteiger partial charge >= 0.3 is 6.18 Å². The summed E-state index contributed by atoms with van der Waals surface area (Å²) in [4.78, 5) is 8.34. The molecule has 4 aromatic rings. The van der Waals surface area contributed by atoms with Crippen molar-refractivity contribution in [2.45, 2.75) is 6.18 Å². The smallest absolute Gasteiger partial charge is 0.435 e. The van der Waals surface area contributed by atoms with Crippen molar-refractivity contribution in [1.82, 2.24) is 19.7 Å². The average molecular weight is 396 g/mol. The Labute approximate surface area is 164 Å². The van der Waals surface area contributed by atoms with Gasteiger partial charge in [0.05, 0.1) is 18.5 Å². The maximum absolute atomic E-state index is 14.0. The molecule has 8 heteroatoms. The van der Waals surface area contributed by atoms with E-state index in [0.717, 1.165) is 0 Å². The van der Waals surface area contributed by atoms with E-state index in [1.807, 2.05) is 0 Å². The van der Waals surface area contributed by atoms with E-state index >= 15 is 0 Å². The van der Waals surface area contributed by atoms with Gasteiger partial charge < -0.3 is 4.74 Å². The van der Waals surface area contributed by atoms with E-state index in [9.17, 15) is 13.2 Å². The second-order valence-corrected chi connectivity index (χ2v) is 6.12. The number of pyridine rings is 2. The van der Waals surface area contributed by atoms with Crippen molar-refractivity contribution in [3.63, 3.8) is 0 Å². The zero-order valence-corrected chi connectivity index (χ0v) is 15.3. The topological polar surface area (TPSA) is 52.8 Å². The zero-order valence-electron chi connectivity index (χ0n) is 15.3. The Morgan fingerprint density at radius 2 is 1.66 bits per heavy atom. The Bertz CT molecular complexity index is 1110. The van der Waals surface area contributed by atoms with Crippen LogP contribution in [0.15, 0.2) is 73.1 Å². The fraction of sp³-hybridized carbons (Fsp3) is 0.0952. The molecule has 0 saturated carbocycles. The lowest BCUT2D eigenvalue weighted by molar-refractivity contribution is -0.140. The monoisotopic (exact) mass is 396 g/mol. The molecular formula is C21H15F3N4O. The molecule has 4 rings (SSSR count). The molecule has 0 N–H and O–H groups in total. The van der Waals surface area contributed by atoms with Crippen LogP contribution in [-0.4, -0.2) is 26.9 Å². The minimum absolute atomic E-state index is 0.0878. The van der Waals surface area contributed by atoms with E-state index in [1.54, 1.807) is 48.5 Å². The Hall–Kier alpha value is -3.68. The van der Waals surface area contributed by atoms with Gasteiger partial charge in [0.15, 0.2) is 5.69 Å². The molecule has 0 aliphatic heterocycles. The fourth-order valence-electron chi connectivity index (χ4n) is 3.03. The third-order valence-electron chi connectivity index (χ3n) is 4.30. The maximum atomic E-state index is 14.0. The minimum Gasteiger partial charge on any atom is -0.481 e. The fourth-order valence-corrected chi connectivity index (χ4v) is 3.03. The lowest BCUT2D eigenvalue weighted by Gasteiger charge is -2.10. The summed E-state index contributed by atoms with van der Waals surface area (Å²) in [7, 11) is 1.44. The number of alkyl halides is 3. The molecule has 0 bridgehead atoms. The minimum atomic E-state index is -4.67. The van der Waals surface area contributed by atoms with E-state index in [0.29, 0.717) is 17.3 Å². The first-order valence-corrected chi connectivity index (χ1v) is 8.66.